The summed E-state index contributed by atoms with van der Waals surface area (Å²) in [6.45, 7) is 8.27. The van der Waals surface area contributed by atoms with Crippen LogP contribution >= 0.6 is 0 Å². The van der Waals surface area contributed by atoms with Gasteiger partial charge in [0.15, 0.2) is 0 Å². The van der Waals surface area contributed by atoms with Crippen molar-refractivity contribution in [2.45, 2.75) is 39.5 Å². The molecule has 0 bridgehead atoms. The molecule has 0 aliphatic rings. The molecule has 0 atom stereocenters. The van der Waals surface area contributed by atoms with Crippen LogP contribution in [0.15, 0.2) is 42.5 Å². The molecule has 0 saturated heterocycles. The van der Waals surface area contributed by atoms with E-state index in [-0.39, 0.29) is 11.7 Å². The highest BCUT2D eigenvalue weighted by atomic mass is 19.1. The van der Waals surface area contributed by atoms with Gasteiger partial charge in [-0.1, -0.05) is 70.2 Å². The minimum absolute atomic E-state index is 0.0626. The molecular formula is C18H21F. The number of benzene rings is 2. The summed E-state index contributed by atoms with van der Waals surface area (Å²) in [5.74, 6) is 0.446. The molecule has 0 radical (unpaired) electrons. The van der Waals surface area contributed by atoms with Gasteiger partial charge in [-0.2, -0.15) is 0 Å². The van der Waals surface area contributed by atoms with E-state index in [4.69, 9.17) is 0 Å². The molecule has 0 nitrogen and oxygen atoms in total. The Hall–Kier alpha value is -1.63. The van der Waals surface area contributed by atoms with Crippen LogP contribution in [-0.4, -0.2) is 0 Å². The van der Waals surface area contributed by atoms with E-state index in [2.05, 4.69) is 19.9 Å². The molecule has 1 heteroatoms. The van der Waals surface area contributed by atoms with E-state index in [0.717, 1.165) is 22.3 Å². The highest BCUT2D eigenvalue weighted by Crippen LogP contribution is 2.35. The fourth-order valence-electron chi connectivity index (χ4n) is 2.43. The monoisotopic (exact) mass is 256 g/mol. The fourth-order valence-corrected chi connectivity index (χ4v) is 2.43. The maximum Gasteiger partial charge on any atom is 0.134 e. The van der Waals surface area contributed by atoms with Crippen LogP contribution in [0.25, 0.3) is 11.1 Å². The lowest BCUT2D eigenvalue weighted by Gasteiger charge is -2.18. The Morgan fingerprint density at radius 1 is 0.737 bits per heavy atom. The number of rotatable bonds is 3. The average Bonchev–Trinajstić information content (AvgIpc) is 2.38. The third kappa shape index (κ3) is 2.70. The van der Waals surface area contributed by atoms with Gasteiger partial charge >= 0.3 is 0 Å². The molecule has 0 aliphatic heterocycles. The standard InChI is InChI=1S/C18H21F/c1-12(2)15-10-11-16(13(3)4)18(19)17(15)14-8-6-5-7-9-14/h5-13H,1-4H3. The summed E-state index contributed by atoms with van der Waals surface area (Å²) in [5.41, 5.74) is 3.60. The molecule has 0 N–H and O–H groups in total. The molecule has 0 heterocycles. The van der Waals surface area contributed by atoms with Gasteiger partial charge in [0.25, 0.3) is 0 Å². The van der Waals surface area contributed by atoms with Crippen molar-refractivity contribution in [3.63, 3.8) is 0 Å². The molecule has 100 valence electrons. The van der Waals surface area contributed by atoms with Crippen molar-refractivity contribution in [3.8, 4) is 11.1 Å². The highest BCUT2D eigenvalue weighted by Gasteiger charge is 2.18. The molecule has 0 unspecified atom stereocenters. The van der Waals surface area contributed by atoms with Crippen molar-refractivity contribution >= 4 is 0 Å². The molecule has 2 aromatic rings. The van der Waals surface area contributed by atoms with Crippen LogP contribution < -0.4 is 0 Å². The maximum atomic E-state index is 14.8. The SMILES string of the molecule is CC(C)c1ccc(C(C)C)c(-c2ccccc2)c1F. The van der Waals surface area contributed by atoms with Gasteiger partial charge in [0.2, 0.25) is 0 Å². The summed E-state index contributed by atoms with van der Waals surface area (Å²) in [6, 6.07) is 13.8. The van der Waals surface area contributed by atoms with E-state index in [9.17, 15) is 4.39 Å². The van der Waals surface area contributed by atoms with Gasteiger partial charge in [-0.25, -0.2) is 4.39 Å². The quantitative estimate of drug-likeness (QED) is 0.657. The molecule has 0 aliphatic carbocycles. The molecular weight excluding hydrogens is 235 g/mol. The van der Waals surface area contributed by atoms with Crippen LogP contribution in [0.4, 0.5) is 4.39 Å². The predicted molar refractivity (Wildman–Crippen MR) is 80.0 cm³/mol. The van der Waals surface area contributed by atoms with Crippen LogP contribution in [-0.2, 0) is 0 Å². The summed E-state index contributed by atoms with van der Waals surface area (Å²) < 4.78 is 14.8. The second-order valence-corrected chi connectivity index (χ2v) is 5.61. The lowest BCUT2D eigenvalue weighted by molar-refractivity contribution is 0.598. The Labute approximate surface area is 115 Å². The van der Waals surface area contributed by atoms with E-state index < -0.39 is 0 Å². The molecule has 0 fully saturated rings. The zero-order valence-electron chi connectivity index (χ0n) is 12.1. The van der Waals surface area contributed by atoms with Crippen LogP contribution in [0.2, 0.25) is 0 Å². The Morgan fingerprint density at radius 3 is 1.79 bits per heavy atom. The predicted octanol–water partition coefficient (Wildman–Crippen LogP) is 5.74. The Morgan fingerprint density at radius 2 is 1.26 bits per heavy atom. The number of hydrogen-bond acceptors (Lipinski definition) is 0. The van der Waals surface area contributed by atoms with Crippen molar-refractivity contribution in [3.05, 3.63) is 59.4 Å². The van der Waals surface area contributed by atoms with Gasteiger partial charge in [-0.3, -0.25) is 0 Å². The molecule has 2 aromatic carbocycles. The van der Waals surface area contributed by atoms with Crippen LogP contribution in [0.1, 0.15) is 50.7 Å². The highest BCUT2D eigenvalue weighted by molar-refractivity contribution is 5.70. The average molecular weight is 256 g/mol. The van der Waals surface area contributed by atoms with Crippen LogP contribution in [0.3, 0.4) is 0 Å². The first-order chi connectivity index (χ1) is 9.02. The maximum absolute atomic E-state index is 14.8. The van der Waals surface area contributed by atoms with E-state index >= 15 is 0 Å². The Balaban J connectivity index is 2.71. The lowest BCUT2D eigenvalue weighted by Crippen LogP contribution is -2.01. The molecule has 0 amide bonds. The Kier molecular flexibility index (Phi) is 4.04. The molecule has 2 rings (SSSR count). The van der Waals surface area contributed by atoms with E-state index in [1.54, 1.807) is 0 Å². The molecule has 0 aromatic heterocycles. The van der Waals surface area contributed by atoms with E-state index in [1.807, 2.05) is 50.2 Å². The minimum Gasteiger partial charge on any atom is -0.206 e. The zero-order valence-corrected chi connectivity index (χ0v) is 12.1. The minimum atomic E-state index is -0.0626. The third-order valence-electron chi connectivity index (χ3n) is 3.51. The largest absolute Gasteiger partial charge is 0.206 e. The van der Waals surface area contributed by atoms with Crippen molar-refractivity contribution < 1.29 is 4.39 Å². The van der Waals surface area contributed by atoms with Crippen LogP contribution in [0.5, 0.6) is 0 Å². The summed E-state index contributed by atoms with van der Waals surface area (Å²) in [6.07, 6.45) is 0. The van der Waals surface area contributed by atoms with Gasteiger partial charge in [0.1, 0.15) is 5.82 Å². The van der Waals surface area contributed by atoms with E-state index in [0.29, 0.717) is 5.92 Å². The topological polar surface area (TPSA) is 0 Å². The second-order valence-electron chi connectivity index (χ2n) is 5.61. The van der Waals surface area contributed by atoms with Gasteiger partial charge in [-0.05, 0) is 28.5 Å². The first-order valence-corrected chi connectivity index (χ1v) is 6.90. The van der Waals surface area contributed by atoms with E-state index in [1.165, 1.54) is 0 Å². The molecule has 0 spiro atoms. The summed E-state index contributed by atoms with van der Waals surface area (Å²) in [5, 5.41) is 0. The van der Waals surface area contributed by atoms with Gasteiger partial charge in [0.05, 0.1) is 0 Å². The van der Waals surface area contributed by atoms with Crippen molar-refractivity contribution in [1.82, 2.24) is 0 Å². The molecule has 0 saturated carbocycles. The van der Waals surface area contributed by atoms with Gasteiger partial charge < -0.3 is 0 Å². The number of hydrogen-bond donors (Lipinski definition) is 0. The lowest BCUT2D eigenvalue weighted by atomic mass is 9.88. The van der Waals surface area contributed by atoms with Crippen LogP contribution in [0, 0.1) is 5.82 Å². The Bertz CT molecular complexity index is 553. The first kappa shape index (κ1) is 13.8. The molecule has 19 heavy (non-hydrogen) atoms. The van der Waals surface area contributed by atoms with Crippen molar-refractivity contribution in [1.29, 1.82) is 0 Å². The fraction of sp³-hybridized carbons (Fsp3) is 0.333. The zero-order chi connectivity index (χ0) is 14.0. The van der Waals surface area contributed by atoms with Gasteiger partial charge in [0, 0.05) is 5.56 Å². The normalized spacial score (nSPS) is 11.3. The third-order valence-corrected chi connectivity index (χ3v) is 3.51. The summed E-state index contributed by atoms with van der Waals surface area (Å²) in [7, 11) is 0. The van der Waals surface area contributed by atoms with Crippen molar-refractivity contribution in [2.75, 3.05) is 0 Å². The number of halogens is 1. The summed E-state index contributed by atoms with van der Waals surface area (Å²) in [4.78, 5) is 0. The second kappa shape index (κ2) is 5.56. The smallest absolute Gasteiger partial charge is 0.134 e. The first-order valence-electron chi connectivity index (χ1n) is 6.90. The van der Waals surface area contributed by atoms with Gasteiger partial charge in [-0.15, -0.1) is 0 Å². The van der Waals surface area contributed by atoms with Crippen molar-refractivity contribution in [2.24, 2.45) is 0 Å². The summed E-state index contributed by atoms with van der Waals surface area (Å²) >= 11 is 0.